The molecule has 1 atom stereocenters. The molecular weight excluding hydrogens is 359 g/mol. The van der Waals surface area contributed by atoms with Crippen LogP contribution in [0.3, 0.4) is 0 Å². The van der Waals surface area contributed by atoms with Crippen LogP contribution in [0, 0.1) is 0 Å². The Kier molecular flexibility index (Phi) is 5.02. The lowest BCUT2D eigenvalue weighted by atomic mass is 9.68. The van der Waals surface area contributed by atoms with E-state index < -0.39 is 5.41 Å². The molecule has 2 heteroatoms. The van der Waals surface area contributed by atoms with Crippen LogP contribution in [-0.4, -0.2) is 5.78 Å². The largest absolute Gasteiger partial charge is 0.294 e. The van der Waals surface area contributed by atoms with Gasteiger partial charge in [0.05, 0.1) is 5.41 Å². The number of fused-ring (bicyclic) bond motifs is 1. The number of allylic oxidation sites excluding steroid dienone is 2. The third-order valence-corrected chi connectivity index (χ3v) is 5.65. The number of benzene rings is 3. The first kappa shape index (κ1) is 19.1. The second kappa shape index (κ2) is 7.63. The van der Waals surface area contributed by atoms with Crippen LogP contribution in [0.5, 0.6) is 0 Å². The highest BCUT2D eigenvalue weighted by Crippen LogP contribution is 2.41. The number of hydrogen-bond donors (Lipinski definition) is 0. The van der Waals surface area contributed by atoms with Crippen LogP contribution in [0.2, 0.25) is 0 Å². The standard InChI is InChI=1S/C27H23FO/c1-19-16-23-10-6-7-11-25(23)27(2,26(19)29)18-24(28)17-20-12-14-22(15-13-20)21-8-4-3-5-9-21/h3-17H,18H2,1-2H3/b24-17-/t27-/m0/s1. The molecule has 1 aliphatic carbocycles. The first-order chi connectivity index (χ1) is 14.0. The minimum atomic E-state index is -0.889. The highest BCUT2D eigenvalue weighted by atomic mass is 19.1. The highest BCUT2D eigenvalue weighted by Gasteiger charge is 2.40. The Morgan fingerprint density at radius 3 is 2.24 bits per heavy atom. The van der Waals surface area contributed by atoms with Gasteiger partial charge in [0.2, 0.25) is 0 Å². The van der Waals surface area contributed by atoms with E-state index in [1.54, 1.807) is 6.92 Å². The quantitative estimate of drug-likeness (QED) is 0.475. The molecule has 0 N–H and O–H groups in total. The first-order valence-corrected chi connectivity index (χ1v) is 9.81. The molecule has 0 spiro atoms. The molecule has 144 valence electrons. The number of hydrogen-bond acceptors (Lipinski definition) is 1. The summed E-state index contributed by atoms with van der Waals surface area (Å²) in [6, 6.07) is 25.6. The number of carbonyl (C=O) groups excluding carboxylic acids is 1. The fraction of sp³-hybridized carbons (Fsp3) is 0.148. The van der Waals surface area contributed by atoms with Gasteiger partial charge in [0.1, 0.15) is 5.83 Å². The van der Waals surface area contributed by atoms with Gasteiger partial charge in [-0.15, -0.1) is 0 Å². The Balaban J connectivity index is 1.60. The summed E-state index contributed by atoms with van der Waals surface area (Å²) in [4.78, 5) is 12.9. The minimum absolute atomic E-state index is 0.0147. The van der Waals surface area contributed by atoms with E-state index in [0.29, 0.717) is 5.57 Å². The van der Waals surface area contributed by atoms with Gasteiger partial charge < -0.3 is 0 Å². The highest BCUT2D eigenvalue weighted by molar-refractivity contribution is 6.09. The normalized spacial score (nSPS) is 18.9. The van der Waals surface area contributed by atoms with Crippen molar-refractivity contribution >= 4 is 17.9 Å². The topological polar surface area (TPSA) is 17.1 Å². The molecule has 0 fully saturated rings. The molecular formula is C27H23FO. The van der Waals surface area contributed by atoms with E-state index >= 15 is 4.39 Å². The van der Waals surface area contributed by atoms with Crippen molar-refractivity contribution in [3.8, 4) is 11.1 Å². The van der Waals surface area contributed by atoms with Crippen LogP contribution in [0.1, 0.15) is 37.0 Å². The fourth-order valence-corrected chi connectivity index (χ4v) is 4.13. The zero-order chi connectivity index (χ0) is 20.4. The minimum Gasteiger partial charge on any atom is -0.294 e. The third kappa shape index (κ3) is 3.71. The van der Waals surface area contributed by atoms with Gasteiger partial charge in [-0.1, -0.05) is 78.9 Å². The van der Waals surface area contributed by atoms with Crippen molar-refractivity contribution in [1.29, 1.82) is 0 Å². The maximum absolute atomic E-state index is 15.0. The first-order valence-electron chi connectivity index (χ1n) is 9.81. The van der Waals surface area contributed by atoms with E-state index in [2.05, 4.69) is 0 Å². The van der Waals surface area contributed by atoms with Crippen molar-refractivity contribution in [3.05, 3.63) is 107 Å². The summed E-state index contributed by atoms with van der Waals surface area (Å²) in [5.74, 6) is -0.308. The SMILES string of the molecule is CC1=Cc2ccccc2[C@](C)(C/C(F)=C/c2ccc(-c3ccccc3)cc2)C1=O. The Hall–Kier alpha value is -3.26. The number of rotatable bonds is 4. The van der Waals surface area contributed by atoms with Crippen LogP contribution in [0.15, 0.2) is 90.3 Å². The van der Waals surface area contributed by atoms with Gasteiger partial charge in [-0.25, -0.2) is 4.39 Å². The van der Waals surface area contributed by atoms with Crippen molar-refractivity contribution in [2.45, 2.75) is 25.7 Å². The lowest BCUT2D eigenvalue weighted by Gasteiger charge is -2.33. The van der Waals surface area contributed by atoms with E-state index in [9.17, 15) is 4.79 Å². The smallest absolute Gasteiger partial charge is 0.169 e. The molecule has 0 amide bonds. The van der Waals surface area contributed by atoms with E-state index in [0.717, 1.165) is 27.8 Å². The molecule has 0 radical (unpaired) electrons. The third-order valence-electron chi connectivity index (χ3n) is 5.65. The molecule has 4 rings (SSSR count). The molecule has 0 heterocycles. The fourth-order valence-electron chi connectivity index (χ4n) is 4.13. The van der Waals surface area contributed by atoms with Gasteiger partial charge in [-0.2, -0.15) is 0 Å². The second-order valence-corrected chi connectivity index (χ2v) is 7.83. The van der Waals surface area contributed by atoms with Crippen LogP contribution in [0.4, 0.5) is 4.39 Å². The molecule has 1 aliphatic rings. The van der Waals surface area contributed by atoms with Crippen molar-refractivity contribution in [2.75, 3.05) is 0 Å². The van der Waals surface area contributed by atoms with Gasteiger partial charge in [-0.05, 0) is 59.4 Å². The predicted molar refractivity (Wildman–Crippen MR) is 118 cm³/mol. The van der Waals surface area contributed by atoms with Crippen molar-refractivity contribution in [1.82, 2.24) is 0 Å². The number of carbonyl (C=O) groups is 1. The number of ketones is 1. The van der Waals surface area contributed by atoms with Gasteiger partial charge in [-0.3, -0.25) is 4.79 Å². The summed E-state index contributed by atoms with van der Waals surface area (Å²) >= 11 is 0. The van der Waals surface area contributed by atoms with Crippen LogP contribution >= 0.6 is 0 Å². The predicted octanol–water partition coefficient (Wildman–Crippen LogP) is 7.00. The van der Waals surface area contributed by atoms with Gasteiger partial charge >= 0.3 is 0 Å². The monoisotopic (exact) mass is 382 g/mol. The Morgan fingerprint density at radius 2 is 1.52 bits per heavy atom. The van der Waals surface area contributed by atoms with E-state index in [4.69, 9.17) is 0 Å². The Labute approximate surface area is 171 Å². The van der Waals surface area contributed by atoms with Gasteiger partial charge in [0.15, 0.2) is 5.78 Å². The molecule has 0 aliphatic heterocycles. The van der Waals surface area contributed by atoms with E-state index in [-0.39, 0.29) is 18.0 Å². The summed E-state index contributed by atoms with van der Waals surface area (Å²) in [7, 11) is 0. The maximum atomic E-state index is 15.0. The van der Waals surface area contributed by atoms with Crippen molar-refractivity contribution < 1.29 is 9.18 Å². The van der Waals surface area contributed by atoms with Crippen LogP contribution in [-0.2, 0) is 10.2 Å². The van der Waals surface area contributed by atoms with E-state index in [1.807, 2.05) is 91.9 Å². The Bertz CT molecular complexity index is 1110. The average molecular weight is 382 g/mol. The number of halogens is 1. The zero-order valence-electron chi connectivity index (χ0n) is 16.7. The Morgan fingerprint density at radius 1 is 0.897 bits per heavy atom. The van der Waals surface area contributed by atoms with E-state index in [1.165, 1.54) is 6.08 Å². The number of Topliss-reactive ketones (excluding diaryl/α,β-unsaturated/α-hetero) is 1. The maximum Gasteiger partial charge on any atom is 0.169 e. The summed E-state index contributed by atoms with van der Waals surface area (Å²) < 4.78 is 15.0. The molecule has 0 aromatic heterocycles. The lowest BCUT2D eigenvalue weighted by molar-refractivity contribution is -0.120. The van der Waals surface area contributed by atoms with Gasteiger partial charge in [0, 0.05) is 6.42 Å². The summed E-state index contributed by atoms with van der Waals surface area (Å²) in [5, 5.41) is 0. The summed E-state index contributed by atoms with van der Waals surface area (Å²) in [5.41, 5.74) is 4.67. The summed E-state index contributed by atoms with van der Waals surface area (Å²) in [6.45, 7) is 3.65. The lowest BCUT2D eigenvalue weighted by Crippen LogP contribution is -2.36. The van der Waals surface area contributed by atoms with Crippen LogP contribution < -0.4 is 0 Å². The molecule has 0 saturated heterocycles. The molecule has 0 unspecified atom stereocenters. The van der Waals surface area contributed by atoms with Crippen molar-refractivity contribution in [2.24, 2.45) is 0 Å². The molecule has 3 aromatic carbocycles. The molecule has 0 saturated carbocycles. The van der Waals surface area contributed by atoms with Gasteiger partial charge in [0.25, 0.3) is 0 Å². The zero-order valence-corrected chi connectivity index (χ0v) is 16.7. The van der Waals surface area contributed by atoms with Crippen LogP contribution in [0.25, 0.3) is 23.3 Å². The second-order valence-electron chi connectivity index (χ2n) is 7.83. The molecule has 1 nitrogen and oxygen atoms in total. The molecule has 3 aromatic rings. The van der Waals surface area contributed by atoms with Crippen molar-refractivity contribution in [3.63, 3.8) is 0 Å². The molecule has 0 bridgehead atoms. The summed E-state index contributed by atoms with van der Waals surface area (Å²) in [6.07, 6.45) is 3.47. The molecule has 29 heavy (non-hydrogen) atoms. The average Bonchev–Trinajstić information content (AvgIpc) is 2.73.